The quantitative estimate of drug-likeness (QED) is 0.200. The Morgan fingerprint density at radius 1 is 0.951 bits per heavy atom. The standard InChI is InChI=1S/C35H56O6/c1-20(2)16-27(38)41-26-18-30(3,4)17-22-21-10-11-24-32(7)14-13-25(37)31(5,6)23(32)12-15-33(24,8)34(21,9)28(39)29(40)35(22,26)19-36/h10,16,22-26,28-29,36-37,39-40H,11-15,17-19H2,1-9H3/t22-,23-,24+,25?,26?,28?,29?,32-,33+,34-,35+/m0/s1. The number of esters is 1. The third-order valence-corrected chi connectivity index (χ3v) is 13.9. The van der Waals surface area contributed by atoms with Crippen LogP contribution in [0.3, 0.4) is 0 Å². The van der Waals surface area contributed by atoms with Gasteiger partial charge in [0, 0.05) is 11.5 Å². The van der Waals surface area contributed by atoms with Gasteiger partial charge in [-0.3, -0.25) is 0 Å². The lowest BCUT2D eigenvalue weighted by Gasteiger charge is -2.73. The van der Waals surface area contributed by atoms with Crippen LogP contribution in [0.5, 0.6) is 0 Å². The maximum atomic E-state index is 12.9. The van der Waals surface area contributed by atoms with E-state index in [0.717, 1.165) is 49.7 Å². The van der Waals surface area contributed by atoms with Crippen molar-refractivity contribution in [2.45, 2.75) is 132 Å². The first-order chi connectivity index (χ1) is 18.8. The molecule has 6 nitrogen and oxygen atoms in total. The molecule has 4 N–H and O–H groups in total. The van der Waals surface area contributed by atoms with Crippen molar-refractivity contribution >= 4 is 5.97 Å². The van der Waals surface area contributed by atoms with Crippen LogP contribution in [0.2, 0.25) is 0 Å². The molecular formula is C35H56O6. The highest BCUT2D eigenvalue weighted by Gasteiger charge is 2.74. The van der Waals surface area contributed by atoms with Gasteiger partial charge < -0.3 is 25.2 Å². The normalized spacial score (nSPS) is 49.8. The number of allylic oxidation sites excluding steroid dienone is 2. The molecule has 4 unspecified atom stereocenters. The van der Waals surface area contributed by atoms with Crippen molar-refractivity contribution in [3.05, 3.63) is 23.3 Å². The SMILES string of the molecule is CC(C)=CC(=O)OC1CC(C)(C)C[C@H]2C3=CC[C@@H]4[C@@]5(C)CCC(O)C(C)(C)[C@@H]5CC[C@@]4(C)[C@]3(C)C(O)C(O)[C@@]12CO. The highest BCUT2D eigenvalue weighted by molar-refractivity contribution is 5.82. The summed E-state index contributed by atoms with van der Waals surface area (Å²) in [7, 11) is 0. The monoisotopic (exact) mass is 572 g/mol. The van der Waals surface area contributed by atoms with Gasteiger partial charge in [-0.15, -0.1) is 0 Å². The molecule has 232 valence electrons. The number of aliphatic hydroxyl groups is 4. The largest absolute Gasteiger partial charge is 0.458 e. The van der Waals surface area contributed by atoms with Crippen LogP contribution in [0.1, 0.15) is 107 Å². The minimum absolute atomic E-state index is 0.00516. The smallest absolute Gasteiger partial charge is 0.330 e. The highest BCUT2D eigenvalue weighted by Crippen LogP contribution is 2.75. The molecule has 41 heavy (non-hydrogen) atoms. The van der Waals surface area contributed by atoms with Gasteiger partial charge in [0.2, 0.25) is 0 Å². The molecule has 0 aromatic rings. The van der Waals surface area contributed by atoms with E-state index >= 15 is 0 Å². The van der Waals surface area contributed by atoms with E-state index in [0.29, 0.717) is 18.3 Å². The highest BCUT2D eigenvalue weighted by atomic mass is 16.5. The van der Waals surface area contributed by atoms with Crippen LogP contribution in [0.25, 0.3) is 0 Å². The topological polar surface area (TPSA) is 107 Å². The first kappa shape index (κ1) is 31.2. The molecule has 5 rings (SSSR count). The number of rotatable bonds is 3. The molecule has 5 aliphatic rings. The molecule has 0 saturated heterocycles. The van der Waals surface area contributed by atoms with E-state index in [1.165, 1.54) is 6.08 Å². The van der Waals surface area contributed by atoms with Crippen LogP contribution in [0.15, 0.2) is 23.3 Å². The first-order valence-corrected chi connectivity index (χ1v) is 16.0. The van der Waals surface area contributed by atoms with Gasteiger partial charge >= 0.3 is 5.97 Å². The summed E-state index contributed by atoms with van der Waals surface area (Å²) in [5, 5.41) is 46.6. The summed E-state index contributed by atoms with van der Waals surface area (Å²) in [6.45, 7) is 19.1. The van der Waals surface area contributed by atoms with Crippen LogP contribution in [-0.2, 0) is 9.53 Å². The van der Waals surface area contributed by atoms with Crippen LogP contribution >= 0.6 is 0 Å². The van der Waals surface area contributed by atoms with Gasteiger partial charge in [0.25, 0.3) is 0 Å². The summed E-state index contributed by atoms with van der Waals surface area (Å²) in [5.74, 6) is -0.0185. The lowest BCUT2D eigenvalue weighted by Crippen LogP contribution is -2.74. The fourth-order valence-corrected chi connectivity index (χ4v) is 11.5. The van der Waals surface area contributed by atoms with E-state index in [4.69, 9.17) is 4.74 Å². The minimum atomic E-state index is -1.24. The van der Waals surface area contributed by atoms with Gasteiger partial charge in [0.05, 0.1) is 30.3 Å². The minimum Gasteiger partial charge on any atom is -0.458 e. The number of carbonyl (C=O) groups is 1. The van der Waals surface area contributed by atoms with Crippen molar-refractivity contribution in [2.24, 2.45) is 50.2 Å². The molecule has 0 radical (unpaired) electrons. The zero-order valence-electron chi connectivity index (χ0n) is 27.0. The molecule has 4 fully saturated rings. The second-order valence-electron chi connectivity index (χ2n) is 17.0. The molecule has 0 aliphatic heterocycles. The molecule has 0 bridgehead atoms. The van der Waals surface area contributed by atoms with Crippen molar-refractivity contribution in [1.29, 1.82) is 0 Å². The van der Waals surface area contributed by atoms with Crippen LogP contribution in [0.4, 0.5) is 0 Å². The first-order valence-electron chi connectivity index (χ1n) is 16.0. The van der Waals surface area contributed by atoms with Gasteiger partial charge in [-0.2, -0.15) is 0 Å². The molecule has 6 heteroatoms. The Labute approximate surface area is 247 Å². The van der Waals surface area contributed by atoms with Crippen molar-refractivity contribution in [1.82, 2.24) is 0 Å². The molecule has 0 aromatic heterocycles. The third kappa shape index (κ3) is 4.05. The maximum Gasteiger partial charge on any atom is 0.330 e. The summed E-state index contributed by atoms with van der Waals surface area (Å²) in [5.41, 5.74) is -0.547. The van der Waals surface area contributed by atoms with E-state index in [2.05, 4.69) is 54.5 Å². The zero-order valence-corrected chi connectivity index (χ0v) is 27.0. The molecule has 0 amide bonds. The van der Waals surface area contributed by atoms with Crippen LogP contribution < -0.4 is 0 Å². The summed E-state index contributed by atoms with van der Waals surface area (Å²) in [6, 6.07) is 0. The van der Waals surface area contributed by atoms with Crippen molar-refractivity contribution in [3.8, 4) is 0 Å². The zero-order chi connectivity index (χ0) is 30.6. The van der Waals surface area contributed by atoms with Gasteiger partial charge in [0.1, 0.15) is 6.10 Å². The Morgan fingerprint density at radius 2 is 1.61 bits per heavy atom. The van der Waals surface area contributed by atoms with E-state index in [9.17, 15) is 25.2 Å². The van der Waals surface area contributed by atoms with Gasteiger partial charge in [-0.1, -0.05) is 65.7 Å². The van der Waals surface area contributed by atoms with Gasteiger partial charge in [-0.25, -0.2) is 4.79 Å². The van der Waals surface area contributed by atoms with Gasteiger partial charge in [-0.05, 0) is 98.2 Å². The molecule has 5 aliphatic carbocycles. The molecule has 4 saturated carbocycles. The summed E-state index contributed by atoms with van der Waals surface area (Å²) in [6.07, 6.45) is 6.19. The molecule has 11 atom stereocenters. The fraction of sp³-hybridized carbons (Fsp3) is 0.857. The second kappa shape index (κ2) is 9.64. The predicted molar refractivity (Wildman–Crippen MR) is 160 cm³/mol. The fourth-order valence-electron chi connectivity index (χ4n) is 11.5. The van der Waals surface area contributed by atoms with Crippen molar-refractivity contribution < 1.29 is 30.0 Å². The summed E-state index contributed by atoms with van der Waals surface area (Å²) in [4.78, 5) is 12.9. The lowest BCUT2D eigenvalue weighted by atomic mass is 9.32. The van der Waals surface area contributed by atoms with E-state index in [-0.39, 0.29) is 40.3 Å². The Kier molecular flexibility index (Phi) is 7.34. The maximum absolute atomic E-state index is 12.9. The van der Waals surface area contributed by atoms with Crippen LogP contribution in [0, 0.1) is 50.2 Å². The average Bonchev–Trinajstić information content (AvgIpc) is 2.85. The van der Waals surface area contributed by atoms with E-state index in [1.807, 2.05) is 13.8 Å². The lowest BCUT2D eigenvalue weighted by molar-refractivity contribution is -0.274. The Morgan fingerprint density at radius 3 is 2.22 bits per heavy atom. The summed E-state index contributed by atoms with van der Waals surface area (Å²) < 4.78 is 6.09. The van der Waals surface area contributed by atoms with Crippen molar-refractivity contribution in [3.63, 3.8) is 0 Å². The number of hydrogen-bond donors (Lipinski definition) is 4. The molecule has 0 spiro atoms. The van der Waals surface area contributed by atoms with Crippen molar-refractivity contribution in [2.75, 3.05) is 6.61 Å². The van der Waals surface area contributed by atoms with Gasteiger partial charge in [0.15, 0.2) is 0 Å². The Balaban J connectivity index is 1.64. The predicted octanol–water partition coefficient (Wildman–Crippen LogP) is 5.57. The van der Waals surface area contributed by atoms with E-state index in [1.54, 1.807) is 0 Å². The number of ether oxygens (including phenoxy) is 1. The molecular weight excluding hydrogens is 516 g/mol. The molecule has 0 heterocycles. The Hall–Kier alpha value is -1.21. The average molecular weight is 573 g/mol. The Bertz CT molecular complexity index is 1130. The van der Waals surface area contributed by atoms with E-state index < -0.39 is 35.1 Å². The third-order valence-electron chi connectivity index (χ3n) is 13.9. The number of aliphatic hydroxyl groups excluding tert-OH is 4. The number of hydrogen-bond acceptors (Lipinski definition) is 6. The van der Waals surface area contributed by atoms with Crippen LogP contribution in [-0.4, -0.2) is 57.4 Å². The summed E-state index contributed by atoms with van der Waals surface area (Å²) >= 11 is 0. The second-order valence-corrected chi connectivity index (χ2v) is 17.0. The molecule has 0 aromatic carbocycles. The number of fused-ring (bicyclic) bond motifs is 7. The number of carbonyl (C=O) groups excluding carboxylic acids is 1.